The number of fused-ring (bicyclic) bond motifs is 1. The van der Waals surface area contributed by atoms with E-state index in [4.69, 9.17) is 0 Å². The van der Waals surface area contributed by atoms with Crippen LogP contribution in [0.5, 0.6) is 0 Å². The van der Waals surface area contributed by atoms with Gasteiger partial charge in [-0.1, -0.05) is 60.2 Å². The van der Waals surface area contributed by atoms with Crippen LogP contribution < -0.4 is 0 Å². The van der Waals surface area contributed by atoms with Gasteiger partial charge in [-0.25, -0.2) is 8.42 Å². The summed E-state index contributed by atoms with van der Waals surface area (Å²) in [7, 11) is -6.38. The Balaban J connectivity index is 1.71. The van der Waals surface area contributed by atoms with Crippen molar-refractivity contribution in [2.75, 3.05) is 6.26 Å². The summed E-state index contributed by atoms with van der Waals surface area (Å²) in [6.45, 7) is 5.71. The summed E-state index contributed by atoms with van der Waals surface area (Å²) in [5, 5.41) is 0. The highest BCUT2D eigenvalue weighted by atomic mass is 32.2. The predicted octanol–water partition coefficient (Wildman–Crippen LogP) is 4.63. The Morgan fingerprint density at radius 1 is 0.944 bits per heavy atom. The van der Waals surface area contributed by atoms with Gasteiger partial charge in [0.2, 0.25) is 10.0 Å². The summed E-state index contributed by atoms with van der Waals surface area (Å²) in [4.78, 5) is 14.6. The van der Waals surface area contributed by atoms with Gasteiger partial charge in [-0.3, -0.25) is 9.00 Å². The molecule has 36 heavy (non-hydrogen) atoms. The SMILES string of the molecule is C=S(C)(=O)c1ccccc1CCC(=O)C1Cc2ccccc2CN1S(=O)(=O)c1c(C)cc(C)cc1C. The van der Waals surface area contributed by atoms with Gasteiger partial charge in [-0.15, -0.1) is 0 Å². The number of aryl methyl sites for hydroxylation is 4. The van der Waals surface area contributed by atoms with E-state index in [0.29, 0.717) is 28.9 Å². The number of carbonyl (C=O) groups excluding carboxylic acids is 1. The van der Waals surface area contributed by atoms with Crippen molar-refractivity contribution in [2.45, 2.75) is 62.4 Å². The standard InChI is InChI=1S/C29H33NO4S2/c1-20-16-21(2)29(22(3)17-20)36(33,34)30-19-25-12-7-6-11-24(25)18-26(30)27(31)15-14-23-10-8-9-13-28(23)35(4,5)32/h6-13,16-17,26H,4,14-15,18-19H2,1-3,5H3. The zero-order chi connectivity index (χ0) is 26.3. The van der Waals surface area contributed by atoms with Crippen molar-refractivity contribution in [3.05, 3.63) is 94.0 Å². The number of sulfonamides is 1. The lowest BCUT2D eigenvalue weighted by Crippen LogP contribution is -2.48. The average Bonchev–Trinajstić information content (AvgIpc) is 2.80. The minimum absolute atomic E-state index is 0.142. The predicted molar refractivity (Wildman–Crippen MR) is 147 cm³/mol. The molecule has 3 aromatic rings. The molecule has 0 spiro atoms. The molecule has 0 fully saturated rings. The molecule has 2 atom stereocenters. The lowest BCUT2D eigenvalue weighted by atomic mass is 9.91. The molecule has 1 heterocycles. The second-order valence-electron chi connectivity index (χ2n) is 9.85. The summed E-state index contributed by atoms with van der Waals surface area (Å²) in [6.07, 6.45) is 2.45. The molecule has 4 rings (SSSR count). The third-order valence-corrected chi connectivity index (χ3v) is 10.3. The lowest BCUT2D eigenvalue weighted by Gasteiger charge is -2.36. The van der Waals surface area contributed by atoms with Crippen LogP contribution in [0.25, 0.3) is 0 Å². The molecule has 1 aliphatic heterocycles. The number of nitrogens with zero attached hydrogens (tertiary/aromatic N) is 1. The molecule has 0 saturated carbocycles. The number of benzene rings is 3. The van der Waals surface area contributed by atoms with Gasteiger partial charge < -0.3 is 0 Å². The number of ketones is 1. The first-order valence-corrected chi connectivity index (χ1v) is 15.6. The smallest absolute Gasteiger partial charge is 0.244 e. The van der Waals surface area contributed by atoms with Gasteiger partial charge in [-0.05, 0) is 82.9 Å². The van der Waals surface area contributed by atoms with Crippen molar-refractivity contribution in [1.29, 1.82) is 0 Å². The maximum absolute atomic E-state index is 14.1. The Kier molecular flexibility index (Phi) is 7.28. The first-order valence-electron chi connectivity index (χ1n) is 12.0. The van der Waals surface area contributed by atoms with E-state index in [1.54, 1.807) is 26.2 Å². The fourth-order valence-corrected chi connectivity index (χ4v) is 8.37. The highest BCUT2D eigenvalue weighted by Crippen LogP contribution is 2.33. The molecule has 5 nitrogen and oxygen atoms in total. The van der Waals surface area contributed by atoms with Gasteiger partial charge in [0.05, 0.1) is 10.9 Å². The molecule has 0 bridgehead atoms. The third kappa shape index (κ3) is 5.19. The topological polar surface area (TPSA) is 71.5 Å². The summed E-state index contributed by atoms with van der Waals surface area (Å²) >= 11 is 0. The van der Waals surface area contributed by atoms with Crippen LogP contribution in [0.4, 0.5) is 0 Å². The average molecular weight is 524 g/mol. The zero-order valence-electron chi connectivity index (χ0n) is 21.3. The van der Waals surface area contributed by atoms with Crippen LogP contribution in [0.3, 0.4) is 0 Å². The number of rotatable bonds is 7. The maximum Gasteiger partial charge on any atom is 0.244 e. The molecule has 7 heteroatoms. The van der Waals surface area contributed by atoms with Gasteiger partial charge in [0, 0.05) is 24.1 Å². The number of hydrogen-bond donors (Lipinski definition) is 0. The van der Waals surface area contributed by atoms with Gasteiger partial charge in [0.25, 0.3) is 0 Å². The summed E-state index contributed by atoms with van der Waals surface area (Å²) in [6, 6.07) is 17.9. The Labute approximate surface area is 215 Å². The van der Waals surface area contributed by atoms with E-state index in [-0.39, 0.29) is 23.6 Å². The molecule has 0 amide bonds. The van der Waals surface area contributed by atoms with Crippen LogP contribution in [0, 0.1) is 20.8 Å². The van der Waals surface area contributed by atoms with Crippen molar-refractivity contribution in [2.24, 2.45) is 0 Å². The molecule has 0 aromatic heterocycles. The normalized spacial score (nSPS) is 17.8. The Bertz CT molecular complexity index is 1520. The Morgan fingerprint density at radius 3 is 2.17 bits per heavy atom. The molecule has 0 radical (unpaired) electrons. The van der Waals surface area contributed by atoms with Gasteiger partial charge in [-0.2, -0.15) is 4.31 Å². The second kappa shape index (κ2) is 9.96. The van der Waals surface area contributed by atoms with Gasteiger partial charge in [0.1, 0.15) is 0 Å². The van der Waals surface area contributed by atoms with E-state index in [1.165, 1.54) is 4.31 Å². The molecule has 0 aliphatic carbocycles. The third-order valence-electron chi connectivity index (χ3n) is 6.83. The molecule has 1 aliphatic rings. The van der Waals surface area contributed by atoms with E-state index < -0.39 is 25.6 Å². The van der Waals surface area contributed by atoms with Crippen LogP contribution in [0.1, 0.15) is 39.8 Å². The van der Waals surface area contributed by atoms with Gasteiger partial charge in [0.15, 0.2) is 5.78 Å². The van der Waals surface area contributed by atoms with E-state index in [2.05, 4.69) is 5.87 Å². The van der Waals surface area contributed by atoms with Crippen LogP contribution in [-0.2, 0) is 43.7 Å². The minimum atomic E-state index is -3.93. The number of Topliss-reactive ketones (excluding diaryl/α,β-unsaturated/α-hetero) is 1. The molecule has 0 N–H and O–H groups in total. The van der Waals surface area contributed by atoms with Crippen molar-refractivity contribution in [1.82, 2.24) is 4.31 Å². The van der Waals surface area contributed by atoms with Crippen molar-refractivity contribution in [3.8, 4) is 0 Å². The van der Waals surface area contributed by atoms with Gasteiger partial charge >= 0.3 is 0 Å². The Hall–Kier alpha value is -2.74. The van der Waals surface area contributed by atoms with Crippen molar-refractivity contribution in [3.63, 3.8) is 0 Å². The number of carbonyl (C=O) groups is 1. The number of hydrogen-bond acceptors (Lipinski definition) is 4. The minimum Gasteiger partial charge on any atom is -0.298 e. The molecule has 0 saturated heterocycles. The molecular weight excluding hydrogens is 490 g/mol. The van der Waals surface area contributed by atoms with E-state index in [1.807, 2.05) is 61.5 Å². The fraction of sp³-hybridized carbons (Fsp3) is 0.310. The van der Waals surface area contributed by atoms with E-state index in [0.717, 1.165) is 22.3 Å². The lowest BCUT2D eigenvalue weighted by molar-refractivity contribution is -0.123. The van der Waals surface area contributed by atoms with E-state index >= 15 is 0 Å². The molecule has 3 aromatic carbocycles. The zero-order valence-corrected chi connectivity index (χ0v) is 22.9. The highest BCUT2D eigenvalue weighted by molar-refractivity contribution is 7.99. The van der Waals surface area contributed by atoms with Crippen LogP contribution >= 0.6 is 0 Å². The Morgan fingerprint density at radius 2 is 1.53 bits per heavy atom. The van der Waals surface area contributed by atoms with Crippen LogP contribution in [-0.4, -0.2) is 40.9 Å². The monoisotopic (exact) mass is 523 g/mol. The molecular formula is C29H33NO4S2. The quantitative estimate of drug-likeness (QED) is 0.423. The highest BCUT2D eigenvalue weighted by Gasteiger charge is 2.40. The summed E-state index contributed by atoms with van der Waals surface area (Å²) in [5.41, 5.74) is 5.08. The first-order chi connectivity index (χ1) is 16.9. The largest absolute Gasteiger partial charge is 0.298 e. The van der Waals surface area contributed by atoms with Crippen molar-refractivity contribution >= 4 is 31.2 Å². The molecule has 2 unspecified atom stereocenters. The van der Waals surface area contributed by atoms with Crippen molar-refractivity contribution < 1.29 is 17.4 Å². The van der Waals surface area contributed by atoms with E-state index in [9.17, 15) is 17.4 Å². The molecule has 190 valence electrons. The second-order valence-corrected chi connectivity index (χ2v) is 14.1. The maximum atomic E-state index is 14.1. The van der Waals surface area contributed by atoms with Crippen LogP contribution in [0.15, 0.2) is 70.5 Å². The van der Waals surface area contributed by atoms with Crippen LogP contribution in [0.2, 0.25) is 0 Å². The summed E-state index contributed by atoms with van der Waals surface area (Å²) < 4.78 is 42.1. The first kappa shape index (κ1) is 26.3. The fourth-order valence-electron chi connectivity index (χ4n) is 5.27. The summed E-state index contributed by atoms with van der Waals surface area (Å²) in [5.74, 6) is 3.66.